The van der Waals surface area contributed by atoms with Gasteiger partial charge in [-0.15, -0.1) is 0 Å². The molecule has 0 atom stereocenters. The van der Waals surface area contributed by atoms with Gasteiger partial charge in [-0.05, 0) is 39.8 Å². The van der Waals surface area contributed by atoms with E-state index < -0.39 is 11.5 Å². The van der Waals surface area contributed by atoms with Crippen LogP contribution >= 0.6 is 0 Å². The van der Waals surface area contributed by atoms with E-state index in [-0.39, 0.29) is 29.5 Å². The van der Waals surface area contributed by atoms with E-state index in [1.807, 2.05) is 32.3 Å². The Kier molecular flexibility index (Phi) is 5.46. The molecule has 2 aromatic heterocycles. The van der Waals surface area contributed by atoms with Crippen LogP contribution in [0.5, 0.6) is 0 Å². The summed E-state index contributed by atoms with van der Waals surface area (Å²) >= 11 is 0. The highest BCUT2D eigenvalue weighted by Crippen LogP contribution is 2.21. The minimum absolute atomic E-state index is 0.0455. The van der Waals surface area contributed by atoms with E-state index >= 15 is 0 Å². The molecule has 0 radical (unpaired) electrons. The molecule has 0 aromatic carbocycles. The number of nitriles is 1. The molecule has 0 unspecified atom stereocenters. The summed E-state index contributed by atoms with van der Waals surface area (Å²) in [6.45, 7) is 7.56. The Morgan fingerprint density at radius 2 is 1.92 bits per heavy atom. The standard InChI is InChI=1S/C19H21N3O4/c1-11(2)22-12(3)6-16(13(22)4)17(23)10-21-9-15(19(25)26-5)7-14(8-20)18(21)24/h6-7,9,11H,10H2,1-5H3. The monoisotopic (exact) mass is 355 g/mol. The lowest BCUT2D eigenvalue weighted by Gasteiger charge is -2.13. The zero-order valence-corrected chi connectivity index (χ0v) is 15.5. The first-order valence-corrected chi connectivity index (χ1v) is 8.15. The van der Waals surface area contributed by atoms with E-state index in [0.717, 1.165) is 16.0 Å². The number of pyridine rings is 1. The van der Waals surface area contributed by atoms with Crippen molar-refractivity contribution in [2.75, 3.05) is 7.11 Å². The molecule has 0 bridgehead atoms. The molecule has 0 saturated heterocycles. The predicted molar refractivity (Wildman–Crippen MR) is 95.4 cm³/mol. The van der Waals surface area contributed by atoms with Gasteiger partial charge in [0.1, 0.15) is 11.6 Å². The van der Waals surface area contributed by atoms with Crippen LogP contribution in [0.15, 0.2) is 23.1 Å². The Hall–Kier alpha value is -3.14. The minimum atomic E-state index is -0.680. The van der Waals surface area contributed by atoms with Crippen molar-refractivity contribution in [1.29, 1.82) is 5.26 Å². The number of hydrogen-bond donors (Lipinski definition) is 0. The van der Waals surface area contributed by atoms with Gasteiger partial charge in [0.15, 0.2) is 5.78 Å². The van der Waals surface area contributed by atoms with Gasteiger partial charge in [-0.1, -0.05) is 0 Å². The molecule has 0 aliphatic rings. The molecule has 0 saturated carbocycles. The van der Waals surface area contributed by atoms with Crippen molar-refractivity contribution in [3.8, 4) is 6.07 Å². The third-order valence-electron chi connectivity index (χ3n) is 4.24. The maximum absolute atomic E-state index is 12.8. The molecular formula is C19H21N3O4. The Morgan fingerprint density at radius 1 is 1.27 bits per heavy atom. The van der Waals surface area contributed by atoms with Gasteiger partial charge >= 0.3 is 5.97 Å². The number of nitrogens with zero attached hydrogens (tertiary/aromatic N) is 3. The van der Waals surface area contributed by atoms with E-state index in [4.69, 9.17) is 5.26 Å². The topological polar surface area (TPSA) is 94.1 Å². The number of esters is 1. The fourth-order valence-corrected chi connectivity index (χ4v) is 3.16. The van der Waals surface area contributed by atoms with Crippen molar-refractivity contribution in [3.05, 3.63) is 56.8 Å². The van der Waals surface area contributed by atoms with E-state index in [9.17, 15) is 14.4 Å². The largest absolute Gasteiger partial charge is 0.465 e. The summed E-state index contributed by atoms with van der Waals surface area (Å²) in [7, 11) is 1.20. The molecular weight excluding hydrogens is 334 g/mol. The van der Waals surface area contributed by atoms with Crippen LogP contribution in [-0.4, -0.2) is 28.0 Å². The number of rotatable bonds is 5. The molecule has 7 heteroatoms. The van der Waals surface area contributed by atoms with Gasteiger partial charge in [0.25, 0.3) is 5.56 Å². The van der Waals surface area contributed by atoms with Gasteiger partial charge < -0.3 is 13.9 Å². The molecule has 2 aromatic rings. The lowest BCUT2D eigenvalue weighted by Crippen LogP contribution is -2.27. The van der Waals surface area contributed by atoms with Crippen LogP contribution in [0.2, 0.25) is 0 Å². The second-order valence-electron chi connectivity index (χ2n) is 6.35. The first-order chi connectivity index (χ1) is 12.2. The Bertz CT molecular complexity index is 974. The van der Waals surface area contributed by atoms with Crippen LogP contribution in [0.3, 0.4) is 0 Å². The van der Waals surface area contributed by atoms with Gasteiger partial charge in [-0.3, -0.25) is 9.59 Å². The summed E-state index contributed by atoms with van der Waals surface area (Å²) in [6.07, 6.45) is 1.24. The maximum atomic E-state index is 12.8. The summed E-state index contributed by atoms with van der Waals surface area (Å²) < 4.78 is 7.75. The molecule has 0 aliphatic carbocycles. The molecule has 26 heavy (non-hydrogen) atoms. The highest BCUT2D eigenvalue weighted by molar-refractivity contribution is 5.97. The average molecular weight is 355 g/mol. The van der Waals surface area contributed by atoms with E-state index in [1.54, 1.807) is 12.1 Å². The fourth-order valence-electron chi connectivity index (χ4n) is 3.16. The predicted octanol–water partition coefficient (Wildman–Crippen LogP) is 2.39. The second kappa shape index (κ2) is 7.40. The average Bonchev–Trinajstić information content (AvgIpc) is 2.90. The zero-order valence-electron chi connectivity index (χ0n) is 15.5. The molecule has 0 amide bonds. The third kappa shape index (κ3) is 3.45. The van der Waals surface area contributed by atoms with Crippen LogP contribution < -0.4 is 5.56 Å². The number of methoxy groups -OCH3 is 1. The van der Waals surface area contributed by atoms with Gasteiger partial charge in [-0.25, -0.2) is 4.79 Å². The van der Waals surface area contributed by atoms with Crippen molar-refractivity contribution in [2.24, 2.45) is 0 Å². The SMILES string of the molecule is COC(=O)c1cc(C#N)c(=O)n(CC(=O)c2cc(C)n(C(C)C)c2C)c1. The van der Waals surface area contributed by atoms with Crippen LogP contribution in [0.4, 0.5) is 0 Å². The van der Waals surface area contributed by atoms with Crippen molar-refractivity contribution < 1.29 is 14.3 Å². The van der Waals surface area contributed by atoms with Crippen molar-refractivity contribution >= 4 is 11.8 Å². The lowest BCUT2D eigenvalue weighted by atomic mass is 10.1. The van der Waals surface area contributed by atoms with Gasteiger partial charge in [-0.2, -0.15) is 5.26 Å². The van der Waals surface area contributed by atoms with Crippen LogP contribution in [0.25, 0.3) is 0 Å². The van der Waals surface area contributed by atoms with Crippen molar-refractivity contribution in [2.45, 2.75) is 40.3 Å². The first kappa shape index (κ1) is 19.2. The number of carbonyl (C=O) groups is 2. The van der Waals surface area contributed by atoms with Crippen molar-refractivity contribution in [1.82, 2.24) is 9.13 Å². The van der Waals surface area contributed by atoms with E-state index in [0.29, 0.717) is 5.56 Å². The van der Waals surface area contributed by atoms with Gasteiger partial charge in [0.2, 0.25) is 0 Å². The number of aromatic nitrogens is 2. The molecule has 0 fully saturated rings. The quantitative estimate of drug-likeness (QED) is 0.606. The number of ketones is 1. The number of ether oxygens (including phenoxy) is 1. The summed E-state index contributed by atoms with van der Waals surface area (Å²) in [5, 5.41) is 9.11. The number of carbonyl (C=O) groups excluding carboxylic acids is 2. The number of hydrogen-bond acceptors (Lipinski definition) is 5. The molecule has 7 nitrogen and oxygen atoms in total. The highest BCUT2D eigenvalue weighted by Gasteiger charge is 2.19. The Labute approximate surface area is 151 Å². The highest BCUT2D eigenvalue weighted by atomic mass is 16.5. The summed E-state index contributed by atoms with van der Waals surface area (Å²) in [6, 6.07) is 4.91. The Balaban J connectivity index is 2.47. The number of Topliss-reactive ketones (excluding diaryl/α,β-unsaturated/α-hetero) is 1. The third-order valence-corrected chi connectivity index (χ3v) is 4.24. The zero-order chi connectivity index (χ0) is 19.6. The van der Waals surface area contributed by atoms with Crippen LogP contribution in [0, 0.1) is 25.2 Å². The molecule has 136 valence electrons. The van der Waals surface area contributed by atoms with Crippen molar-refractivity contribution in [3.63, 3.8) is 0 Å². The molecule has 0 spiro atoms. The minimum Gasteiger partial charge on any atom is -0.465 e. The summed E-state index contributed by atoms with van der Waals surface area (Å²) in [4.78, 5) is 36.8. The van der Waals surface area contributed by atoms with E-state index in [2.05, 4.69) is 4.74 Å². The Morgan fingerprint density at radius 3 is 2.42 bits per heavy atom. The fraction of sp³-hybridized carbons (Fsp3) is 0.368. The normalized spacial score (nSPS) is 10.7. The van der Waals surface area contributed by atoms with E-state index in [1.165, 1.54) is 19.4 Å². The van der Waals surface area contributed by atoms with Gasteiger partial charge in [0.05, 0.1) is 19.2 Å². The lowest BCUT2D eigenvalue weighted by molar-refractivity contribution is 0.0599. The first-order valence-electron chi connectivity index (χ1n) is 8.15. The number of aryl methyl sites for hydroxylation is 1. The molecule has 2 heterocycles. The summed E-state index contributed by atoms with van der Waals surface area (Å²) in [5.74, 6) is -0.946. The molecule has 2 rings (SSSR count). The maximum Gasteiger partial charge on any atom is 0.339 e. The smallest absolute Gasteiger partial charge is 0.339 e. The van der Waals surface area contributed by atoms with Gasteiger partial charge in [0, 0.05) is 29.2 Å². The molecule has 0 N–H and O–H groups in total. The second-order valence-corrected chi connectivity index (χ2v) is 6.35. The summed E-state index contributed by atoms with van der Waals surface area (Å²) in [5.41, 5.74) is 1.50. The van der Waals surface area contributed by atoms with Crippen LogP contribution in [0.1, 0.15) is 57.6 Å². The molecule has 0 aliphatic heterocycles. The van der Waals surface area contributed by atoms with Crippen LogP contribution in [-0.2, 0) is 11.3 Å².